The fourth-order valence-corrected chi connectivity index (χ4v) is 19.1. The molecule has 0 saturated heterocycles. The molecule has 0 fully saturated rings. The topological polar surface area (TPSA) is 4.93 Å². The first kappa shape index (κ1) is 42.8. The first-order valence-corrected chi connectivity index (χ1v) is 30.3. The Balaban J connectivity index is 1.02. The molecule has 0 saturated carbocycles. The van der Waals surface area contributed by atoms with E-state index >= 15 is 0 Å². The van der Waals surface area contributed by atoms with Crippen LogP contribution in [0.1, 0.15) is 52.1 Å². The molecular formula is C80H55NSi. The van der Waals surface area contributed by atoms with Gasteiger partial charge in [-0.3, -0.25) is 0 Å². The van der Waals surface area contributed by atoms with Crippen molar-refractivity contribution in [2.45, 2.75) is 11.8 Å². The number of hydrogen-bond donors (Lipinski definition) is 0. The quantitative estimate of drug-likeness (QED) is 0.0950. The van der Waals surface area contributed by atoms with Crippen molar-refractivity contribution in [1.29, 1.82) is 0 Å². The largest absolute Gasteiger partial charge is 0.308 e. The Morgan fingerprint density at radius 2 is 0.768 bits per heavy atom. The van der Waals surface area contributed by atoms with E-state index in [2.05, 4.69) is 265 Å². The van der Waals surface area contributed by atoms with E-state index in [-0.39, 0.29) is 36.0 Å². The van der Waals surface area contributed by atoms with Crippen molar-refractivity contribution in [3.63, 3.8) is 0 Å². The van der Waals surface area contributed by atoms with Crippen LogP contribution in [0.15, 0.2) is 321 Å². The molecule has 0 amide bonds. The molecule has 3 unspecified atom stereocenters. The van der Waals surface area contributed by atoms with Gasteiger partial charge in [0.1, 0.15) is 0 Å². The molecule has 0 spiro atoms. The SMILES string of the molecule is [2H]c1c([2H])c([2H])c([Si](c2ccccc2)(c2cc(-c3ccccc3)cc(-c3ccccc3)c2)c2cccc3c2C2c4ccccc4C3c3cccc(-c4cccc5c4c4ccccc4n5-c4c(-c5ccccc5)cccc4-c4ccccc4)c32)c([2H])c1[2H]. The molecule has 1 nitrogen and oxygen atoms in total. The molecule has 1 heterocycles. The normalized spacial score (nSPS) is 15.5. The number of fused-ring (bicyclic) bond motifs is 3. The second-order valence-electron chi connectivity index (χ2n) is 21.7. The number of benzene rings is 13. The fourth-order valence-electron chi connectivity index (χ4n) is 14.3. The predicted octanol–water partition coefficient (Wildman–Crippen LogP) is 17.5. The van der Waals surface area contributed by atoms with Crippen LogP contribution < -0.4 is 20.7 Å². The van der Waals surface area contributed by atoms with Gasteiger partial charge >= 0.3 is 0 Å². The van der Waals surface area contributed by atoms with Crippen LogP contribution in [0.5, 0.6) is 0 Å². The van der Waals surface area contributed by atoms with Gasteiger partial charge in [-0.15, -0.1) is 0 Å². The molecule has 82 heavy (non-hydrogen) atoms. The molecule has 17 rings (SSSR count). The Hall–Kier alpha value is -10.1. The first-order valence-electron chi connectivity index (χ1n) is 30.8. The number of nitrogens with zero attached hydrogens (tertiary/aromatic N) is 1. The van der Waals surface area contributed by atoms with Crippen molar-refractivity contribution >= 4 is 50.6 Å². The molecule has 2 heteroatoms. The summed E-state index contributed by atoms with van der Waals surface area (Å²) in [4.78, 5) is 0. The Morgan fingerprint density at radius 1 is 0.305 bits per heavy atom. The Kier molecular flexibility index (Phi) is 10.2. The molecular weight excluding hydrogens is 1000 g/mol. The van der Waals surface area contributed by atoms with Crippen molar-refractivity contribution in [3.8, 4) is 61.3 Å². The minimum Gasteiger partial charge on any atom is -0.308 e. The van der Waals surface area contributed by atoms with Gasteiger partial charge in [0.25, 0.3) is 0 Å². The van der Waals surface area contributed by atoms with E-state index in [9.17, 15) is 5.48 Å². The average molecular weight is 1060 g/mol. The summed E-state index contributed by atoms with van der Waals surface area (Å²) in [7, 11) is -4.14. The van der Waals surface area contributed by atoms with E-state index in [1.165, 1.54) is 27.8 Å². The van der Waals surface area contributed by atoms with Crippen LogP contribution in [0.2, 0.25) is 0 Å². The van der Waals surface area contributed by atoms with Crippen LogP contribution in [-0.2, 0) is 0 Å². The lowest BCUT2D eigenvalue weighted by Crippen LogP contribution is -2.75. The van der Waals surface area contributed by atoms with Gasteiger partial charge in [0.2, 0.25) is 0 Å². The zero-order valence-corrected chi connectivity index (χ0v) is 45.8. The zero-order valence-electron chi connectivity index (χ0n) is 49.8. The van der Waals surface area contributed by atoms with Crippen LogP contribution in [0.4, 0.5) is 0 Å². The van der Waals surface area contributed by atoms with Crippen LogP contribution in [-0.4, -0.2) is 12.6 Å². The third-order valence-electron chi connectivity index (χ3n) is 17.6. The molecule has 3 atom stereocenters. The smallest absolute Gasteiger partial charge is 0.179 e. The molecule has 1 aromatic heterocycles. The highest BCUT2D eigenvalue weighted by Crippen LogP contribution is 2.58. The maximum absolute atomic E-state index is 10.3. The van der Waals surface area contributed by atoms with Crippen molar-refractivity contribution < 1.29 is 6.85 Å². The van der Waals surface area contributed by atoms with Gasteiger partial charge in [-0.05, 0) is 117 Å². The van der Waals surface area contributed by atoms with E-state index in [1.54, 1.807) is 0 Å². The molecule has 3 aliphatic rings. The minimum atomic E-state index is -4.14. The fraction of sp³-hybridized carbons (Fsp3) is 0.0250. The standard InChI is InChI=1S/C80H55NSi/c1-7-27-54(28-8-1)58-51-59(55-29-9-2-10-30-55)53-62(52-58)82(60-35-15-5-16-36-60,61-37-17-6-18-38-61)74-50-26-47-71-75-65-39-19-20-40-68(65)79(78(71)74)77-67(44-24-46-70(75)77)66-45-25-49-73-76(66)69-41-21-22-48-72(69)81(73)80-63(56-31-11-3-12-32-56)42-23-43-64(80)57-33-13-4-14-34-57/h1-53,75,79H/i5D,15D,16D,35D,36D. The van der Waals surface area contributed by atoms with Crippen molar-refractivity contribution in [3.05, 3.63) is 355 Å². The third-order valence-corrected chi connectivity index (χ3v) is 22.2. The summed E-state index contributed by atoms with van der Waals surface area (Å²) >= 11 is 0. The summed E-state index contributed by atoms with van der Waals surface area (Å²) in [6, 6.07) is 103. The molecule has 0 N–H and O–H groups in total. The second-order valence-corrected chi connectivity index (χ2v) is 25.4. The van der Waals surface area contributed by atoms with E-state index in [0.29, 0.717) is 5.19 Å². The zero-order chi connectivity index (χ0) is 58.5. The van der Waals surface area contributed by atoms with Gasteiger partial charge < -0.3 is 4.57 Å². The lowest BCUT2D eigenvalue weighted by Gasteiger charge is -2.47. The maximum Gasteiger partial charge on any atom is 0.179 e. The molecule has 3 aliphatic carbocycles. The monoisotopic (exact) mass is 1060 g/mol. The number of hydrogen-bond acceptors (Lipinski definition) is 0. The van der Waals surface area contributed by atoms with E-state index in [0.717, 1.165) is 104 Å². The summed E-state index contributed by atoms with van der Waals surface area (Å²) in [5.41, 5.74) is 21.3. The van der Waals surface area contributed by atoms with Crippen molar-refractivity contribution in [1.82, 2.24) is 4.57 Å². The number of rotatable bonds is 10. The lowest BCUT2D eigenvalue weighted by atomic mass is 9.60. The molecule has 0 radical (unpaired) electrons. The minimum absolute atomic E-state index is 0.180. The molecule has 384 valence electrons. The number of aromatic nitrogens is 1. The molecule has 13 aromatic carbocycles. The van der Waals surface area contributed by atoms with Gasteiger partial charge in [-0.25, -0.2) is 0 Å². The Bertz CT molecular complexity index is 4900. The summed E-state index contributed by atoms with van der Waals surface area (Å²) in [5, 5.41) is 5.49. The summed E-state index contributed by atoms with van der Waals surface area (Å²) in [6.07, 6.45) is 0. The van der Waals surface area contributed by atoms with E-state index in [1.807, 2.05) is 30.3 Å². The number of para-hydroxylation sites is 2. The summed E-state index contributed by atoms with van der Waals surface area (Å²) in [5.74, 6) is -0.511. The van der Waals surface area contributed by atoms with E-state index in [4.69, 9.17) is 1.37 Å². The Morgan fingerprint density at radius 3 is 1.40 bits per heavy atom. The van der Waals surface area contributed by atoms with Gasteiger partial charge in [0.15, 0.2) is 8.07 Å². The van der Waals surface area contributed by atoms with Crippen LogP contribution in [0.3, 0.4) is 0 Å². The third kappa shape index (κ3) is 7.38. The molecule has 14 aromatic rings. The second kappa shape index (κ2) is 19.6. The van der Waals surface area contributed by atoms with Crippen LogP contribution in [0.25, 0.3) is 83.1 Å². The molecule has 0 aliphatic heterocycles. The van der Waals surface area contributed by atoms with Crippen molar-refractivity contribution in [2.24, 2.45) is 0 Å². The predicted molar refractivity (Wildman–Crippen MR) is 346 cm³/mol. The van der Waals surface area contributed by atoms with Gasteiger partial charge in [0.05, 0.1) is 23.6 Å². The van der Waals surface area contributed by atoms with Crippen LogP contribution >= 0.6 is 0 Å². The van der Waals surface area contributed by atoms with Crippen molar-refractivity contribution in [2.75, 3.05) is 0 Å². The highest BCUT2D eigenvalue weighted by molar-refractivity contribution is 7.20. The first-order chi connectivity index (χ1) is 42.8. The highest BCUT2D eigenvalue weighted by atomic mass is 28.3. The highest BCUT2D eigenvalue weighted by Gasteiger charge is 2.50. The maximum atomic E-state index is 10.3. The lowest BCUT2D eigenvalue weighted by molar-refractivity contribution is 0.760. The van der Waals surface area contributed by atoms with Gasteiger partial charge in [-0.1, -0.05) is 303 Å². The molecule has 2 bridgehead atoms. The van der Waals surface area contributed by atoms with Gasteiger partial charge in [0, 0.05) is 33.7 Å². The summed E-state index contributed by atoms with van der Waals surface area (Å²) in [6.45, 7) is 0. The average Bonchev–Trinajstić information content (AvgIpc) is 0.932. The van der Waals surface area contributed by atoms with Crippen LogP contribution in [0, 0.1) is 0 Å². The summed E-state index contributed by atoms with van der Waals surface area (Å²) < 4.78 is 51.3. The Labute approximate surface area is 487 Å². The van der Waals surface area contributed by atoms with E-state index < -0.39 is 14.1 Å². The van der Waals surface area contributed by atoms with Gasteiger partial charge in [-0.2, -0.15) is 0 Å².